The lowest BCUT2D eigenvalue weighted by Crippen LogP contribution is -2.52. The number of nitrogens with one attached hydrogen (secondary N) is 2. The minimum atomic E-state index is -0.573. The van der Waals surface area contributed by atoms with E-state index >= 15 is 0 Å². The van der Waals surface area contributed by atoms with Gasteiger partial charge >= 0.3 is 0 Å². The molecule has 25 heavy (non-hydrogen) atoms. The first-order valence-electron chi connectivity index (χ1n) is 8.67. The van der Waals surface area contributed by atoms with Crippen LogP contribution in [0, 0.1) is 5.92 Å². The van der Waals surface area contributed by atoms with Gasteiger partial charge in [0, 0.05) is 25.1 Å². The van der Waals surface area contributed by atoms with Gasteiger partial charge in [0.1, 0.15) is 6.04 Å². The van der Waals surface area contributed by atoms with E-state index in [2.05, 4.69) is 17.6 Å². The molecule has 2 atom stereocenters. The van der Waals surface area contributed by atoms with E-state index in [1.54, 1.807) is 4.90 Å². The highest BCUT2D eigenvalue weighted by Gasteiger charge is 2.39. The number of fused-ring (bicyclic) bond motifs is 1. The van der Waals surface area contributed by atoms with Crippen LogP contribution in [0.15, 0.2) is 18.2 Å². The molecule has 2 aliphatic rings. The zero-order valence-corrected chi connectivity index (χ0v) is 14.4. The maximum atomic E-state index is 12.9. The highest BCUT2D eigenvalue weighted by atomic mass is 16.2. The van der Waals surface area contributed by atoms with Gasteiger partial charge < -0.3 is 16.0 Å². The minimum Gasteiger partial charge on any atom is -0.330 e. The number of nitrogens with two attached hydrogens (primary N) is 1. The molecule has 2 aliphatic heterocycles. The molecule has 0 saturated carbocycles. The van der Waals surface area contributed by atoms with Gasteiger partial charge in [-0.25, -0.2) is 0 Å². The van der Waals surface area contributed by atoms with E-state index in [-0.39, 0.29) is 24.1 Å². The number of rotatable bonds is 6. The summed E-state index contributed by atoms with van der Waals surface area (Å²) in [5.74, 6) is -0.417. The van der Waals surface area contributed by atoms with E-state index in [1.807, 2.05) is 18.2 Å². The van der Waals surface area contributed by atoms with Gasteiger partial charge in [0.2, 0.25) is 11.8 Å². The Kier molecular flexibility index (Phi) is 5.15. The summed E-state index contributed by atoms with van der Waals surface area (Å²) in [5, 5.41) is 5.66. The van der Waals surface area contributed by atoms with Crippen LogP contribution in [0.2, 0.25) is 0 Å². The second-order valence-electron chi connectivity index (χ2n) is 6.82. The number of hydrogen-bond donors (Lipinski definition) is 3. The van der Waals surface area contributed by atoms with E-state index in [0.29, 0.717) is 37.5 Å². The normalized spacial score (nSPS) is 21.3. The third-order valence-electron chi connectivity index (χ3n) is 4.85. The van der Waals surface area contributed by atoms with Crippen LogP contribution in [-0.2, 0) is 22.7 Å². The third kappa shape index (κ3) is 3.57. The molecular formula is C18H24N4O3. The number of nitrogens with zero attached hydrogens (tertiary/aromatic N) is 1. The smallest absolute Gasteiger partial charge is 0.255 e. The Bertz CT molecular complexity index is 704. The molecule has 3 rings (SSSR count). The Labute approximate surface area is 146 Å². The fraction of sp³-hybridized carbons (Fsp3) is 0.500. The molecule has 1 aromatic rings. The molecule has 0 spiro atoms. The average Bonchev–Trinajstić information content (AvgIpc) is 2.92. The van der Waals surface area contributed by atoms with Crippen molar-refractivity contribution < 1.29 is 14.4 Å². The molecule has 0 radical (unpaired) electrons. The van der Waals surface area contributed by atoms with Gasteiger partial charge in [-0.3, -0.25) is 19.7 Å². The number of imide groups is 1. The van der Waals surface area contributed by atoms with E-state index in [0.717, 1.165) is 17.7 Å². The summed E-state index contributed by atoms with van der Waals surface area (Å²) in [5.41, 5.74) is 8.17. The Morgan fingerprint density at radius 2 is 2.16 bits per heavy atom. The number of benzene rings is 1. The highest BCUT2D eigenvalue weighted by Crippen LogP contribution is 2.29. The molecule has 0 aromatic heterocycles. The summed E-state index contributed by atoms with van der Waals surface area (Å²) in [6.07, 6.45) is 0.647. The molecule has 3 amide bonds. The summed E-state index contributed by atoms with van der Waals surface area (Å²) in [4.78, 5) is 37.9. The van der Waals surface area contributed by atoms with Gasteiger partial charge in [0.15, 0.2) is 0 Å². The summed E-state index contributed by atoms with van der Waals surface area (Å²) >= 11 is 0. The summed E-state index contributed by atoms with van der Waals surface area (Å²) in [7, 11) is 0. The van der Waals surface area contributed by atoms with Crippen molar-refractivity contribution in [2.75, 3.05) is 13.1 Å². The maximum absolute atomic E-state index is 12.9. The second kappa shape index (κ2) is 7.33. The standard InChI is InChI=1S/C18H24N4O3/c1-11(7-19)8-20-9-12-3-2-4-13-10-22(18(25)16(12)13)14-5-6-15(23)21-17(14)24/h2-4,11,14,20H,5-10,19H2,1H3,(H,21,23,24)/t11-,14?/m0/s1. The van der Waals surface area contributed by atoms with Crippen LogP contribution in [0.3, 0.4) is 0 Å². The van der Waals surface area contributed by atoms with Gasteiger partial charge in [0.05, 0.1) is 0 Å². The topological polar surface area (TPSA) is 105 Å². The Hall–Kier alpha value is -2.25. The first-order valence-corrected chi connectivity index (χ1v) is 8.67. The molecule has 4 N–H and O–H groups in total. The van der Waals surface area contributed by atoms with Gasteiger partial charge in [-0.15, -0.1) is 0 Å². The van der Waals surface area contributed by atoms with Crippen molar-refractivity contribution in [1.29, 1.82) is 0 Å². The molecule has 0 bridgehead atoms. The molecule has 1 aromatic carbocycles. The highest BCUT2D eigenvalue weighted by molar-refractivity contribution is 6.05. The molecule has 1 saturated heterocycles. The summed E-state index contributed by atoms with van der Waals surface area (Å²) in [6, 6.07) is 5.22. The quantitative estimate of drug-likeness (QED) is 0.637. The van der Waals surface area contributed by atoms with Gasteiger partial charge in [-0.2, -0.15) is 0 Å². The fourth-order valence-electron chi connectivity index (χ4n) is 3.37. The average molecular weight is 344 g/mol. The Balaban J connectivity index is 1.74. The molecule has 7 heteroatoms. The minimum absolute atomic E-state index is 0.131. The van der Waals surface area contributed by atoms with Crippen molar-refractivity contribution in [2.45, 2.75) is 38.9 Å². The van der Waals surface area contributed by atoms with Crippen molar-refractivity contribution in [3.05, 3.63) is 34.9 Å². The van der Waals surface area contributed by atoms with Crippen molar-refractivity contribution in [2.24, 2.45) is 11.7 Å². The molecule has 2 heterocycles. The molecular weight excluding hydrogens is 320 g/mol. The number of carbonyl (C=O) groups excluding carboxylic acids is 3. The maximum Gasteiger partial charge on any atom is 0.255 e. The Morgan fingerprint density at radius 3 is 2.88 bits per heavy atom. The number of piperidine rings is 1. The van der Waals surface area contributed by atoms with E-state index in [9.17, 15) is 14.4 Å². The molecule has 0 aliphatic carbocycles. The number of hydrogen-bond acceptors (Lipinski definition) is 5. The van der Waals surface area contributed by atoms with Gasteiger partial charge in [-0.1, -0.05) is 25.1 Å². The molecule has 1 fully saturated rings. The van der Waals surface area contributed by atoms with Crippen LogP contribution in [0.4, 0.5) is 0 Å². The van der Waals surface area contributed by atoms with Crippen LogP contribution in [0.25, 0.3) is 0 Å². The molecule has 7 nitrogen and oxygen atoms in total. The van der Waals surface area contributed by atoms with Gasteiger partial charge in [-0.05, 0) is 36.6 Å². The monoisotopic (exact) mass is 344 g/mol. The summed E-state index contributed by atoms with van der Waals surface area (Å²) < 4.78 is 0. The number of amides is 3. The van der Waals surface area contributed by atoms with Gasteiger partial charge in [0.25, 0.3) is 5.91 Å². The Morgan fingerprint density at radius 1 is 1.36 bits per heavy atom. The zero-order chi connectivity index (χ0) is 18.0. The SMILES string of the molecule is C[C@@H](CN)CNCc1cccc2c1C(=O)N(C1CCC(=O)NC1=O)C2. The van der Waals surface area contributed by atoms with Crippen LogP contribution >= 0.6 is 0 Å². The first kappa shape index (κ1) is 17.6. The van der Waals surface area contributed by atoms with Crippen LogP contribution < -0.4 is 16.4 Å². The zero-order valence-electron chi connectivity index (χ0n) is 14.4. The first-order chi connectivity index (χ1) is 12.0. The molecule has 134 valence electrons. The molecule has 1 unspecified atom stereocenters. The van der Waals surface area contributed by atoms with E-state index in [1.165, 1.54) is 0 Å². The van der Waals surface area contributed by atoms with Crippen LogP contribution in [0.5, 0.6) is 0 Å². The predicted octanol–water partition coefficient (Wildman–Crippen LogP) is 0.132. The largest absolute Gasteiger partial charge is 0.330 e. The van der Waals surface area contributed by atoms with Crippen molar-refractivity contribution >= 4 is 17.7 Å². The van der Waals surface area contributed by atoms with Crippen molar-refractivity contribution in [1.82, 2.24) is 15.5 Å². The van der Waals surface area contributed by atoms with Crippen LogP contribution in [-0.4, -0.2) is 41.8 Å². The second-order valence-corrected chi connectivity index (χ2v) is 6.82. The van der Waals surface area contributed by atoms with Crippen molar-refractivity contribution in [3.63, 3.8) is 0 Å². The predicted molar refractivity (Wildman–Crippen MR) is 92.4 cm³/mol. The fourth-order valence-corrected chi connectivity index (χ4v) is 3.37. The van der Waals surface area contributed by atoms with E-state index in [4.69, 9.17) is 5.73 Å². The van der Waals surface area contributed by atoms with Crippen LogP contribution in [0.1, 0.15) is 41.3 Å². The number of carbonyl (C=O) groups is 3. The third-order valence-corrected chi connectivity index (χ3v) is 4.85. The lowest BCUT2D eigenvalue weighted by molar-refractivity contribution is -0.136. The van der Waals surface area contributed by atoms with E-state index < -0.39 is 6.04 Å². The van der Waals surface area contributed by atoms with Crippen molar-refractivity contribution in [3.8, 4) is 0 Å². The lowest BCUT2D eigenvalue weighted by atomic mass is 10.0. The summed E-state index contributed by atoms with van der Waals surface area (Å²) in [6.45, 7) is 4.46. The lowest BCUT2D eigenvalue weighted by Gasteiger charge is -2.29.